The van der Waals surface area contributed by atoms with Crippen LogP contribution in [0.3, 0.4) is 0 Å². The van der Waals surface area contributed by atoms with Crippen LogP contribution in [0, 0.1) is 5.82 Å². The Labute approximate surface area is 110 Å². The quantitative estimate of drug-likeness (QED) is 0.846. The highest BCUT2D eigenvalue weighted by molar-refractivity contribution is 5.87. The topological polar surface area (TPSA) is 75.6 Å². The molecule has 1 rings (SSSR count). The Morgan fingerprint density at radius 3 is 2.58 bits per heavy atom. The molecule has 0 aromatic heterocycles. The molecule has 0 aliphatic heterocycles. The van der Waals surface area contributed by atoms with Gasteiger partial charge in [0.15, 0.2) is 0 Å². The lowest BCUT2D eigenvalue weighted by Gasteiger charge is -2.21. The molecule has 19 heavy (non-hydrogen) atoms. The lowest BCUT2D eigenvalue weighted by Crippen LogP contribution is -2.50. The van der Waals surface area contributed by atoms with Crippen molar-refractivity contribution in [3.8, 4) is 5.75 Å². The van der Waals surface area contributed by atoms with Crippen molar-refractivity contribution in [1.29, 1.82) is 0 Å². The number of aliphatic carboxylic acids is 1. The molecule has 0 fully saturated rings. The molecule has 0 radical (unpaired) electrons. The number of carboxylic acid groups (broad SMARTS) is 1. The summed E-state index contributed by atoms with van der Waals surface area (Å²) in [5.74, 6) is -1.77. The molecule has 104 valence electrons. The van der Waals surface area contributed by atoms with E-state index < -0.39 is 23.2 Å². The summed E-state index contributed by atoms with van der Waals surface area (Å²) in [7, 11) is 1.41. The van der Waals surface area contributed by atoms with Gasteiger partial charge < -0.3 is 15.2 Å². The number of methoxy groups -OCH3 is 1. The second-order valence-corrected chi connectivity index (χ2v) is 4.61. The van der Waals surface area contributed by atoms with Crippen molar-refractivity contribution in [3.63, 3.8) is 0 Å². The molecule has 0 aliphatic carbocycles. The summed E-state index contributed by atoms with van der Waals surface area (Å²) < 4.78 is 18.1. The zero-order valence-electron chi connectivity index (χ0n) is 11.0. The predicted molar refractivity (Wildman–Crippen MR) is 66.5 cm³/mol. The summed E-state index contributed by atoms with van der Waals surface area (Å²) in [4.78, 5) is 22.6. The van der Waals surface area contributed by atoms with Crippen LogP contribution in [0.25, 0.3) is 0 Å². The summed E-state index contributed by atoms with van der Waals surface area (Å²) in [6.07, 6.45) is -0.155. The number of rotatable bonds is 5. The van der Waals surface area contributed by atoms with Crippen molar-refractivity contribution in [2.24, 2.45) is 0 Å². The Bertz CT molecular complexity index is 499. The summed E-state index contributed by atoms with van der Waals surface area (Å²) in [6.45, 7) is 2.74. The van der Waals surface area contributed by atoms with Gasteiger partial charge in [0.05, 0.1) is 13.5 Å². The van der Waals surface area contributed by atoms with Gasteiger partial charge >= 0.3 is 5.97 Å². The number of carbonyl (C=O) groups excluding carboxylic acids is 1. The fraction of sp³-hybridized carbons (Fsp3) is 0.385. The Hall–Kier alpha value is -2.11. The van der Waals surface area contributed by atoms with Gasteiger partial charge in [-0.15, -0.1) is 0 Å². The molecule has 1 aromatic carbocycles. The number of ether oxygens (including phenoxy) is 1. The SMILES string of the molecule is COc1ccc(F)cc1CC(=O)NC(C)(C)C(=O)O. The normalized spacial score (nSPS) is 10.9. The Morgan fingerprint density at radius 1 is 1.42 bits per heavy atom. The first-order chi connectivity index (χ1) is 8.76. The maximum Gasteiger partial charge on any atom is 0.328 e. The maximum atomic E-state index is 13.1. The zero-order chi connectivity index (χ0) is 14.6. The van der Waals surface area contributed by atoms with Crippen molar-refractivity contribution in [3.05, 3.63) is 29.6 Å². The number of carboxylic acids is 1. The zero-order valence-corrected chi connectivity index (χ0v) is 11.0. The minimum atomic E-state index is -1.38. The third-order valence-corrected chi connectivity index (χ3v) is 2.58. The Morgan fingerprint density at radius 2 is 2.05 bits per heavy atom. The average Bonchev–Trinajstić information content (AvgIpc) is 2.28. The van der Waals surface area contributed by atoms with E-state index in [1.165, 1.54) is 39.2 Å². The van der Waals surface area contributed by atoms with Crippen molar-refractivity contribution in [1.82, 2.24) is 5.32 Å². The van der Waals surface area contributed by atoms with E-state index in [2.05, 4.69) is 5.32 Å². The average molecular weight is 269 g/mol. The third kappa shape index (κ3) is 3.94. The van der Waals surface area contributed by atoms with Crippen LogP contribution < -0.4 is 10.1 Å². The monoisotopic (exact) mass is 269 g/mol. The number of hydrogen-bond acceptors (Lipinski definition) is 3. The summed E-state index contributed by atoms with van der Waals surface area (Å²) >= 11 is 0. The van der Waals surface area contributed by atoms with E-state index in [1.54, 1.807) is 0 Å². The molecule has 0 spiro atoms. The molecule has 0 atom stereocenters. The van der Waals surface area contributed by atoms with Gasteiger partial charge in [0, 0.05) is 5.56 Å². The minimum absolute atomic E-state index is 0.155. The molecular formula is C13H16FNO4. The first-order valence-electron chi connectivity index (χ1n) is 5.63. The molecule has 6 heteroatoms. The molecule has 0 saturated heterocycles. The van der Waals surface area contributed by atoms with Crippen LogP contribution in [0.4, 0.5) is 4.39 Å². The largest absolute Gasteiger partial charge is 0.496 e. The number of amides is 1. The number of halogens is 1. The van der Waals surface area contributed by atoms with Gasteiger partial charge in [0.25, 0.3) is 0 Å². The Kier molecular flexibility index (Phi) is 4.47. The van der Waals surface area contributed by atoms with Gasteiger partial charge in [-0.25, -0.2) is 9.18 Å². The highest BCUT2D eigenvalue weighted by atomic mass is 19.1. The maximum absolute atomic E-state index is 13.1. The van der Waals surface area contributed by atoms with E-state index in [4.69, 9.17) is 9.84 Å². The van der Waals surface area contributed by atoms with E-state index in [0.717, 1.165) is 0 Å². The van der Waals surface area contributed by atoms with Gasteiger partial charge in [-0.1, -0.05) is 0 Å². The highest BCUT2D eigenvalue weighted by Gasteiger charge is 2.29. The van der Waals surface area contributed by atoms with Crippen LogP contribution in [0.2, 0.25) is 0 Å². The van der Waals surface area contributed by atoms with Gasteiger partial charge in [-0.2, -0.15) is 0 Å². The predicted octanol–water partition coefficient (Wildman–Crippen LogP) is 1.36. The van der Waals surface area contributed by atoms with E-state index in [-0.39, 0.29) is 6.42 Å². The fourth-order valence-corrected chi connectivity index (χ4v) is 1.50. The molecule has 0 bridgehead atoms. The highest BCUT2D eigenvalue weighted by Crippen LogP contribution is 2.20. The van der Waals surface area contributed by atoms with Gasteiger partial charge in [0.2, 0.25) is 5.91 Å². The molecule has 5 nitrogen and oxygen atoms in total. The second kappa shape index (κ2) is 5.69. The molecule has 0 aliphatic rings. The van der Waals surface area contributed by atoms with Crippen molar-refractivity contribution >= 4 is 11.9 Å². The summed E-state index contributed by atoms with van der Waals surface area (Å²) in [5.41, 5.74) is -1.02. The van der Waals surface area contributed by atoms with Crippen LogP contribution in [0.15, 0.2) is 18.2 Å². The molecule has 0 saturated carbocycles. The standard InChI is InChI=1S/C13H16FNO4/c1-13(2,12(17)18)15-11(16)7-8-6-9(14)4-5-10(8)19-3/h4-6H,7H2,1-3H3,(H,15,16)(H,17,18). The number of hydrogen-bond donors (Lipinski definition) is 2. The lowest BCUT2D eigenvalue weighted by molar-refractivity contribution is -0.145. The molecule has 1 aromatic rings. The number of carbonyl (C=O) groups is 2. The first-order valence-corrected chi connectivity index (χ1v) is 5.63. The van der Waals surface area contributed by atoms with Crippen molar-refractivity contribution in [2.75, 3.05) is 7.11 Å². The van der Waals surface area contributed by atoms with E-state index in [9.17, 15) is 14.0 Å². The van der Waals surface area contributed by atoms with Crippen LogP contribution in [0.5, 0.6) is 5.75 Å². The van der Waals surface area contributed by atoms with Gasteiger partial charge in [-0.3, -0.25) is 4.79 Å². The molecular weight excluding hydrogens is 253 g/mol. The third-order valence-electron chi connectivity index (χ3n) is 2.58. The van der Waals surface area contributed by atoms with Crippen LogP contribution >= 0.6 is 0 Å². The number of benzene rings is 1. The van der Waals surface area contributed by atoms with E-state index in [0.29, 0.717) is 11.3 Å². The Balaban J connectivity index is 2.83. The number of nitrogens with one attached hydrogen (secondary N) is 1. The fourth-order valence-electron chi connectivity index (χ4n) is 1.50. The van der Waals surface area contributed by atoms with Crippen molar-refractivity contribution < 1.29 is 23.8 Å². The smallest absolute Gasteiger partial charge is 0.328 e. The molecule has 2 N–H and O–H groups in total. The van der Waals surface area contributed by atoms with Crippen LogP contribution in [-0.2, 0) is 16.0 Å². The van der Waals surface area contributed by atoms with Crippen LogP contribution in [0.1, 0.15) is 19.4 Å². The lowest BCUT2D eigenvalue weighted by atomic mass is 10.0. The van der Waals surface area contributed by atoms with Gasteiger partial charge in [0.1, 0.15) is 17.1 Å². The van der Waals surface area contributed by atoms with E-state index >= 15 is 0 Å². The minimum Gasteiger partial charge on any atom is -0.496 e. The van der Waals surface area contributed by atoms with Crippen LogP contribution in [-0.4, -0.2) is 29.6 Å². The molecule has 1 amide bonds. The molecule has 0 heterocycles. The molecule has 0 unspecified atom stereocenters. The van der Waals surface area contributed by atoms with Gasteiger partial charge in [-0.05, 0) is 32.0 Å². The van der Waals surface area contributed by atoms with Crippen molar-refractivity contribution in [2.45, 2.75) is 25.8 Å². The summed E-state index contributed by atoms with van der Waals surface area (Å²) in [6, 6.07) is 3.83. The summed E-state index contributed by atoms with van der Waals surface area (Å²) in [5, 5.41) is 11.3. The second-order valence-electron chi connectivity index (χ2n) is 4.61. The first kappa shape index (κ1) is 14.9. The van der Waals surface area contributed by atoms with E-state index in [1.807, 2.05) is 0 Å².